The van der Waals surface area contributed by atoms with Crippen LogP contribution in [0, 0.1) is 24.2 Å². The molecule has 107 valence electrons. The highest BCUT2D eigenvalue weighted by Crippen LogP contribution is 2.56. The van der Waals surface area contributed by atoms with Crippen molar-refractivity contribution in [1.29, 1.82) is 0 Å². The van der Waals surface area contributed by atoms with Crippen LogP contribution in [0.25, 0.3) is 0 Å². The molecule has 1 radical (unpaired) electrons. The summed E-state index contributed by atoms with van der Waals surface area (Å²) in [5.74, 6) is -1.69. The smallest absolute Gasteiger partial charge is 0.329 e. The fourth-order valence-corrected chi connectivity index (χ4v) is 2.98. The van der Waals surface area contributed by atoms with Crippen molar-refractivity contribution in [3.8, 4) is 0 Å². The first-order chi connectivity index (χ1) is 8.78. The monoisotopic (exact) mass is 269 g/mol. The lowest BCUT2D eigenvalue weighted by Crippen LogP contribution is -2.59. The molecule has 2 aliphatic carbocycles. The Bertz CT molecular complexity index is 398. The molecule has 2 saturated carbocycles. The number of nitrogens with one attached hydrogen (secondary N) is 1. The summed E-state index contributed by atoms with van der Waals surface area (Å²) in [6.07, 6.45) is 1.63. The highest BCUT2D eigenvalue weighted by molar-refractivity contribution is 5.91. The molecule has 19 heavy (non-hydrogen) atoms. The minimum Gasteiger partial charge on any atom is -0.479 e. The van der Waals surface area contributed by atoms with Crippen molar-refractivity contribution in [3.63, 3.8) is 0 Å². The number of carbonyl (C=O) groups is 2. The lowest BCUT2D eigenvalue weighted by Gasteiger charge is -2.29. The van der Waals surface area contributed by atoms with Crippen molar-refractivity contribution in [2.75, 3.05) is 0 Å². The second-order valence-corrected chi connectivity index (χ2v) is 6.07. The van der Waals surface area contributed by atoms with Gasteiger partial charge in [0.15, 0.2) is 0 Å². The van der Waals surface area contributed by atoms with Gasteiger partial charge >= 0.3 is 5.97 Å². The maximum absolute atomic E-state index is 12.0. The highest BCUT2D eigenvalue weighted by atomic mass is 16.4. The van der Waals surface area contributed by atoms with Gasteiger partial charge in [0.2, 0.25) is 5.91 Å². The molecule has 0 spiro atoms. The van der Waals surface area contributed by atoms with Crippen LogP contribution in [0.15, 0.2) is 0 Å². The summed E-state index contributed by atoms with van der Waals surface area (Å²) in [5.41, 5.74) is 4.39. The summed E-state index contributed by atoms with van der Waals surface area (Å²) in [7, 11) is 0. The molecule has 0 aliphatic heterocycles. The summed E-state index contributed by atoms with van der Waals surface area (Å²) < 4.78 is 0. The Morgan fingerprint density at radius 3 is 2.53 bits per heavy atom. The Kier molecular flexibility index (Phi) is 3.57. The Balaban J connectivity index is 2.07. The lowest BCUT2D eigenvalue weighted by atomic mass is 9.91. The van der Waals surface area contributed by atoms with Crippen molar-refractivity contribution in [2.45, 2.75) is 44.4 Å². The van der Waals surface area contributed by atoms with Gasteiger partial charge in [-0.25, -0.2) is 4.79 Å². The van der Waals surface area contributed by atoms with Crippen LogP contribution in [0.3, 0.4) is 0 Å². The van der Waals surface area contributed by atoms with Gasteiger partial charge in [-0.15, -0.1) is 0 Å². The van der Waals surface area contributed by atoms with Crippen LogP contribution < -0.4 is 11.1 Å². The zero-order chi connectivity index (χ0) is 14.4. The van der Waals surface area contributed by atoms with Crippen molar-refractivity contribution in [1.82, 2.24) is 5.32 Å². The maximum atomic E-state index is 12.0. The quantitative estimate of drug-likeness (QED) is 0.538. The SMILES string of the molecule is CC(C)C[C@H](N)C(=O)N[C@@]1(C(=O)O)C[C@H](O)[C@H]2[CH][C@H]21. The zero-order valence-corrected chi connectivity index (χ0v) is 11.2. The predicted molar refractivity (Wildman–Crippen MR) is 67.8 cm³/mol. The minimum atomic E-state index is -1.38. The predicted octanol–water partition coefficient (Wildman–Crippen LogP) is -0.486. The number of fused-ring (bicyclic) bond motifs is 1. The van der Waals surface area contributed by atoms with Crippen LogP contribution in [0.1, 0.15) is 26.7 Å². The fraction of sp³-hybridized carbons (Fsp3) is 0.769. The molecule has 6 nitrogen and oxygen atoms in total. The molecule has 0 unspecified atom stereocenters. The van der Waals surface area contributed by atoms with Gasteiger partial charge in [0.1, 0.15) is 5.54 Å². The second-order valence-electron chi connectivity index (χ2n) is 6.07. The summed E-state index contributed by atoms with van der Waals surface area (Å²) >= 11 is 0. The van der Waals surface area contributed by atoms with E-state index in [1.807, 2.05) is 13.8 Å². The fourth-order valence-electron chi connectivity index (χ4n) is 2.98. The molecule has 0 aromatic carbocycles. The van der Waals surface area contributed by atoms with E-state index in [0.717, 1.165) is 0 Å². The molecule has 5 N–H and O–H groups in total. The Morgan fingerprint density at radius 1 is 1.53 bits per heavy atom. The molecule has 0 bridgehead atoms. The number of carboxylic acid groups (broad SMARTS) is 1. The summed E-state index contributed by atoms with van der Waals surface area (Å²) in [5, 5.41) is 21.7. The molecule has 6 heteroatoms. The molecule has 0 aromatic rings. The number of rotatable bonds is 5. The van der Waals surface area contributed by atoms with Gasteiger partial charge in [-0.1, -0.05) is 13.8 Å². The molecule has 0 heterocycles. The zero-order valence-electron chi connectivity index (χ0n) is 11.2. The van der Waals surface area contributed by atoms with E-state index in [4.69, 9.17) is 5.73 Å². The van der Waals surface area contributed by atoms with Gasteiger partial charge in [0.25, 0.3) is 0 Å². The number of carboxylic acids is 1. The van der Waals surface area contributed by atoms with Gasteiger partial charge in [-0.3, -0.25) is 4.79 Å². The normalized spacial score (nSPS) is 37.8. The number of hydrogen-bond donors (Lipinski definition) is 4. The van der Waals surface area contributed by atoms with E-state index in [-0.39, 0.29) is 24.2 Å². The van der Waals surface area contributed by atoms with E-state index in [1.54, 1.807) is 6.42 Å². The lowest BCUT2D eigenvalue weighted by molar-refractivity contribution is -0.149. The summed E-state index contributed by atoms with van der Waals surface area (Å²) in [4.78, 5) is 23.5. The van der Waals surface area contributed by atoms with E-state index >= 15 is 0 Å². The topological polar surface area (TPSA) is 113 Å². The van der Waals surface area contributed by atoms with Crippen LogP contribution in [0.2, 0.25) is 0 Å². The first-order valence-electron chi connectivity index (χ1n) is 6.62. The van der Waals surface area contributed by atoms with Gasteiger partial charge in [-0.2, -0.15) is 0 Å². The Morgan fingerprint density at radius 2 is 2.16 bits per heavy atom. The van der Waals surface area contributed by atoms with E-state index in [1.165, 1.54) is 0 Å². The van der Waals surface area contributed by atoms with Crippen LogP contribution in [-0.2, 0) is 9.59 Å². The van der Waals surface area contributed by atoms with Gasteiger partial charge < -0.3 is 21.3 Å². The highest BCUT2D eigenvalue weighted by Gasteiger charge is 2.67. The van der Waals surface area contributed by atoms with Crippen molar-refractivity contribution < 1.29 is 19.8 Å². The van der Waals surface area contributed by atoms with Crippen LogP contribution >= 0.6 is 0 Å². The van der Waals surface area contributed by atoms with E-state index in [9.17, 15) is 19.8 Å². The first-order valence-corrected chi connectivity index (χ1v) is 6.62. The summed E-state index contributed by atoms with van der Waals surface area (Å²) in [6.45, 7) is 3.90. The van der Waals surface area contributed by atoms with Crippen molar-refractivity contribution >= 4 is 11.9 Å². The molecule has 2 rings (SSSR count). The third-order valence-electron chi connectivity index (χ3n) is 4.04. The molecular formula is C13H21N2O4. The standard InChI is InChI=1S/C13H21N2O4/c1-6(2)3-9(14)11(17)15-13(12(18)19)5-10(16)7-4-8(7)13/h4,6-10,16H,3,5,14H2,1-2H3,(H,15,17)(H,18,19)/t7-,8+,9-,10-,13-/m0/s1. The minimum absolute atomic E-state index is 0.0499. The average molecular weight is 269 g/mol. The van der Waals surface area contributed by atoms with Crippen LogP contribution in [0.5, 0.6) is 0 Å². The molecular weight excluding hydrogens is 248 g/mol. The Labute approximate surface area is 112 Å². The maximum Gasteiger partial charge on any atom is 0.329 e. The van der Waals surface area contributed by atoms with Gasteiger partial charge in [-0.05, 0) is 24.7 Å². The van der Waals surface area contributed by atoms with Crippen LogP contribution in [0.4, 0.5) is 0 Å². The van der Waals surface area contributed by atoms with E-state index in [2.05, 4.69) is 5.32 Å². The summed E-state index contributed by atoms with van der Waals surface area (Å²) in [6, 6.07) is -0.717. The number of aliphatic hydroxyl groups is 1. The number of hydrogen-bond acceptors (Lipinski definition) is 4. The second kappa shape index (κ2) is 4.76. The van der Waals surface area contributed by atoms with E-state index < -0.39 is 29.6 Å². The number of amides is 1. The molecule has 5 atom stereocenters. The molecule has 2 aliphatic rings. The third kappa shape index (κ3) is 2.47. The molecule has 0 saturated heterocycles. The van der Waals surface area contributed by atoms with Gasteiger partial charge in [0, 0.05) is 12.3 Å². The molecule has 1 amide bonds. The molecule has 0 aromatic heterocycles. The van der Waals surface area contributed by atoms with E-state index in [0.29, 0.717) is 6.42 Å². The third-order valence-corrected chi connectivity index (χ3v) is 4.04. The van der Waals surface area contributed by atoms with Gasteiger partial charge in [0.05, 0.1) is 12.1 Å². The number of carbonyl (C=O) groups excluding carboxylic acids is 1. The van der Waals surface area contributed by atoms with Crippen LogP contribution in [-0.4, -0.2) is 39.8 Å². The largest absolute Gasteiger partial charge is 0.479 e. The molecule has 2 fully saturated rings. The first kappa shape index (κ1) is 14.3. The number of aliphatic hydroxyl groups excluding tert-OH is 1. The number of aliphatic carboxylic acids is 1. The van der Waals surface area contributed by atoms with Crippen molar-refractivity contribution in [3.05, 3.63) is 6.42 Å². The Hall–Kier alpha value is -1.14. The van der Waals surface area contributed by atoms with Crippen molar-refractivity contribution in [2.24, 2.45) is 23.5 Å². The average Bonchev–Trinajstić information content (AvgIpc) is 3.01. The number of nitrogens with two attached hydrogens (primary N) is 1.